The Morgan fingerprint density at radius 1 is 1.75 bits per heavy atom. The first-order valence-corrected chi connectivity index (χ1v) is 6.08. The van der Waals surface area contributed by atoms with Gasteiger partial charge in [-0.05, 0) is 0 Å². The molecule has 0 aromatic carbocycles. The van der Waals surface area contributed by atoms with Gasteiger partial charge >= 0.3 is 13.9 Å². The van der Waals surface area contributed by atoms with Gasteiger partial charge in [-0.15, -0.1) is 0 Å². The maximum Gasteiger partial charge on any atom is 0.405 e. The van der Waals surface area contributed by atoms with Gasteiger partial charge in [0, 0.05) is 17.1 Å². The van der Waals surface area contributed by atoms with Crippen molar-refractivity contribution in [3.63, 3.8) is 0 Å². The Balaban J connectivity index is 0. The van der Waals surface area contributed by atoms with Crippen LogP contribution in [0.1, 0.15) is 0 Å². The monoisotopic (exact) mass is 152 g/mol. The summed E-state index contributed by atoms with van der Waals surface area (Å²) in [5.41, 5.74) is 0. The van der Waals surface area contributed by atoms with Crippen molar-refractivity contribution < 1.29 is 17.1 Å². The molecule has 0 aliphatic rings. The van der Waals surface area contributed by atoms with Gasteiger partial charge < -0.3 is 0 Å². The summed E-state index contributed by atoms with van der Waals surface area (Å²) in [5, 5.41) is 0. The number of hydrogen-bond acceptors (Lipinski definition) is 0. The quantitative estimate of drug-likeness (QED) is 0.347. The number of halogens is 1. The van der Waals surface area contributed by atoms with E-state index in [-0.39, 0.29) is 30.9 Å². The fourth-order valence-electron chi connectivity index (χ4n) is 0. The summed E-state index contributed by atoms with van der Waals surface area (Å²) >= 11 is -0.194. The normalized spacial score (nSPS) is 3.50. The number of hydrogen-bond donors (Lipinski definition) is 0. The van der Waals surface area contributed by atoms with Crippen molar-refractivity contribution in [1.82, 2.24) is 0 Å². The fourth-order valence-corrected chi connectivity index (χ4v) is 0. The summed E-state index contributed by atoms with van der Waals surface area (Å²) in [6.45, 7) is 0. The molecule has 1 atom stereocenters. The van der Waals surface area contributed by atoms with Crippen LogP contribution in [0.2, 0.25) is 0 Å². The first-order valence-electron chi connectivity index (χ1n) is 0.676. The van der Waals surface area contributed by atoms with Crippen LogP contribution in [0.5, 0.6) is 0 Å². The predicted octanol–water partition coefficient (Wildman–Crippen LogP) is 0.364. The summed E-state index contributed by atoms with van der Waals surface area (Å²) in [6.07, 6.45) is 0. The minimum Gasteiger partial charge on any atom is -0.260 e. The molecule has 0 bridgehead atoms. The molecule has 0 rings (SSSR count). The Morgan fingerprint density at radius 2 is 1.75 bits per heavy atom. The Kier molecular flexibility index (Phi) is 20.4. The average molecular weight is 152 g/mol. The van der Waals surface area contributed by atoms with Crippen LogP contribution in [-0.4, -0.2) is 13.9 Å². The molecule has 0 saturated heterocycles. The maximum absolute atomic E-state index is 5.10. The van der Waals surface area contributed by atoms with E-state index in [1.807, 2.05) is 0 Å². The molecule has 0 aliphatic carbocycles. The third-order valence-corrected chi connectivity index (χ3v) is 0. The molecule has 0 heterocycles. The van der Waals surface area contributed by atoms with E-state index >= 15 is 0 Å². The molecule has 0 radical (unpaired) electrons. The molecular weight excluding hydrogens is 149 g/mol. The Labute approximate surface area is 48.9 Å². The molecule has 0 N–H and O–H groups in total. The molecule has 0 aromatic heterocycles. The molecule has 0 fully saturated rings. The minimum absolute atomic E-state index is 0. The smallest absolute Gasteiger partial charge is 0.260 e. The van der Waals surface area contributed by atoms with E-state index in [0.717, 1.165) is 0 Å². The predicted molar refractivity (Wildman–Crippen MR) is 22.7 cm³/mol. The maximum atomic E-state index is 5.10. The molecule has 4 heteroatoms. The van der Waals surface area contributed by atoms with Gasteiger partial charge in [0.15, 0.2) is 0 Å². The Morgan fingerprint density at radius 3 is 1.75 bits per heavy atom. The van der Waals surface area contributed by atoms with Gasteiger partial charge in [0.05, 0.1) is 0 Å². The van der Waals surface area contributed by atoms with Crippen molar-refractivity contribution in [1.29, 1.82) is 0 Å². The summed E-state index contributed by atoms with van der Waals surface area (Å²) < 4.78 is 0. The van der Waals surface area contributed by atoms with Crippen LogP contribution in [-0.2, 0) is 17.1 Å². The van der Waals surface area contributed by atoms with Crippen LogP contribution in [0.4, 0.5) is 0 Å². The first kappa shape index (κ1) is 9.24. The zero-order valence-corrected chi connectivity index (χ0v) is 6.45. The van der Waals surface area contributed by atoms with Crippen LogP contribution in [0, 0.1) is 0 Å². The summed E-state index contributed by atoms with van der Waals surface area (Å²) in [5.74, 6) is 0. The molecule has 0 spiro atoms. The van der Waals surface area contributed by atoms with Crippen LogP contribution in [0.15, 0.2) is 0 Å². The third kappa shape index (κ3) is 9.23. The van der Waals surface area contributed by atoms with Gasteiger partial charge in [-0.1, -0.05) is 0 Å². The molecular formula is H3AlClFeP. The van der Waals surface area contributed by atoms with E-state index in [1.54, 1.807) is 0 Å². The molecule has 26 valence electrons. The first-order chi connectivity index (χ1) is 1.41. The second-order valence-electron chi connectivity index (χ2n) is 0.154. The Hall–Kier alpha value is 1.77. The van der Waals surface area contributed by atoms with Crippen molar-refractivity contribution in [3.05, 3.63) is 0 Å². The molecule has 0 aromatic rings. The molecule has 1 unspecified atom stereocenters. The SMILES string of the molecule is [Fe].[PH2][AlH][Cl]. The third-order valence-electron chi connectivity index (χ3n) is 0. The van der Waals surface area contributed by atoms with Crippen molar-refractivity contribution in [2.24, 2.45) is 0 Å². The van der Waals surface area contributed by atoms with Gasteiger partial charge in [0.25, 0.3) is 0 Å². The fraction of sp³-hybridized carbons (Fsp3) is 0. The van der Waals surface area contributed by atoms with E-state index in [1.165, 1.54) is 0 Å². The second kappa shape index (κ2) is 8.84. The molecule has 0 saturated carbocycles. The van der Waals surface area contributed by atoms with E-state index in [0.29, 0.717) is 0 Å². The molecule has 0 aliphatic heterocycles. The minimum atomic E-state index is -0.194. The van der Waals surface area contributed by atoms with Crippen LogP contribution in [0.3, 0.4) is 0 Å². The van der Waals surface area contributed by atoms with Crippen LogP contribution < -0.4 is 0 Å². The van der Waals surface area contributed by atoms with E-state index in [2.05, 4.69) is 7.89 Å². The van der Waals surface area contributed by atoms with E-state index in [9.17, 15) is 0 Å². The van der Waals surface area contributed by atoms with Gasteiger partial charge in [0.1, 0.15) is 0 Å². The summed E-state index contributed by atoms with van der Waals surface area (Å²) in [4.78, 5) is 0. The van der Waals surface area contributed by atoms with Crippen molar-refractivity contribution in [2.45, 2.75) is 0 Å². The molecule has 4 heavy (non-hydrogen) atoms. The summed E-state index contributed by atoms with van der Waals surface area (Å²) in [7, 11) is 7.58. The zero-order chi connectivity index (χ0) is 2.71. The second-order valence-corrected chi connectivity index (χ2v) is 4.17. The van der Waals surface area contributed by atoms with Crippen LogP contribution >= 0.6 is 17.9 Å². The standard InChI is InChI=1S/Al.ClH.Fe.H2P.H/h;1H;;1H2;/q+2;;;-1;/p-1. The molecule has 0 amide bonds. The van der Waals surface area contributed by atoms with Crippen molar-refractivity contribution >= 4 is 31.8 Å². The largest absolute Gasteiger partial charge is 0.405 e. The van der Waals surface area contributed by atoms with Crippen molar-refractivity contribution in [3.8, 4) is 0 Å². The van der Waals surface area contributed by atoms with Gasteiger partial charge in [-0.25, -0.2) is 0 Å². The summed E-state index contributed by atoms with van der Waals surface area (Å²) in [6, 6.07) is 0. The average Bonchev–Trinajstić information content (AvgIpc) is 0.918. The van der Waals surface area contributed by atoms with Gasteiger partial charge in [-0.3, -0.25) is 10.0 Å². The van der Waals surface area contributed by atoms with Crippen LogP contribution in [0.25, 0.3) is 0 Å². The number of rotatable bonds is 0. The van der Waals surface area contributed by atoms with E-state index in [4.69, 9.17) is 10.0 Å². The topological polar surface area (TPSA) is 0 Å². The van der Waals surface area contributed by atoms with Crippen molar-refractivity contribution in [2.75, 3.05) is 0 Å². The van der Waals surface area contributed by atoms with Gasteiger partial charge in [0.2, 0.25) is 0 Å². The van der Waals surface area contributed by atoms with E-state index < -0.39 is 0 Å². The zero-order valence-electron chi connectivity index (χ0n) is 2.02. The Bertz CT molecular complexity index is 8.00. The molecule has 0 nitrogen and oxygen atoms in total. The van der Waals surface area contributed by atoms with Gasteiger partial charge in [-0.2, -0.15) is 7.89 Å².